The lowest BCUT2D eigenvalue weighted by Gasteiger charge is -2.10. The van der Waals surface area contributed by atoms with Crippen molar-refractivity contribution in [2.24, 2.45) is 0 Å². The zero-order valence-electron chi connectivity index (χ0n) is 13.8. The van der Waals surface area contributed by atoms with E-state index in [1.807, 2.05) is 42.5 Å². The average Bonchev–Trinajstić information content (AvgIpc) is 2.65. The van der Waals surface area contributed by atoms with Crippen LogP contribution in [0.3, 0.4) is 0 Å². The molecule has 0 atom stereocenters. The molecule has 0 aliphatic heterocycles. The molecule has 0 saturated carbocycles. The lowest BCUT2D eigenvalue weighted by molar-refractivity contribution is -0.139. The van der Waals surface area contributed by atoms with Gasteiger partial charge in [0.25, 0.3) is 5.91 Å². The molecule has 0 spiro atoms. The Kier molecular flexibility index (Phi) is 5.34. The Morgan fingerprint density at radius 2 is 1.65 bits per heavy atom. The van der Waals surface area contributed by atoms with Crippen molar-refractivity contribution in [3.8, 4) is 11.5 Å². The zero-order chi connectivity index (χ0) is 18.4. The summed E-state index contributed by atoms with van der Waals surface area (Å²) in [5.74, 6) is -0.395. The number of carbonyl (C=O) groups excluding carboxylic acids is 1. The van der Waals surface area contributed by atoms with Crippen LogP contribution in [0.15, 0.2) is 66.7 Å². The van der Waals surface area contributed by atoms with Crippen molar-refractivity contribution >= 4 is 28.3 Å². The van der Waals surface area contributed by atoms with Gasteiger partial charge in [-0.05, 0) is 23.6 Å². The summed E-state index contributed by atoms with van der Waals surface area (Å²) in [5, 5.41) is 13.3. The topological polar surface area (TPSA) is 84.9 Å². The van der Waals surface area contributed by atoms with Gasteiger partial charge >= 0.3 is 5.97 Å². The van der Waals surface area contributed by atoms with Gasteiger partial charge < -0.3 is 19.9 Å². The average molecular weight is 351 g/mol. The molecule has 0 aliphatic carbocycles. The molecule has 0 aromatic heterocycles. The van der Waals surface area contributed by atoms with Gasteiger partial charge in [-0.25, -0.2) is 4.79 Å². The predicted molar refractivity (Wildman–Crippen MR) is 97.6 cm³/mol. The van der Waals surface area contributed by atoms with Gasteiger partial charge in [-0.1, -0.05) is 42.5 Å². The van der Waals surface area contributed by atoms with Crippen LogP contribution in [0.25, 0.3) is 10.8 Å². The maximum absolute atomic E-state index is 12.1. The molecule has 26 heavy (non-hydrogen) atoms. The molecule has 3 rings (SSSR count). The molecule has 3 aromatic carbocycles. The van der Waals surface area contributed by atoms with Crippen LogP contribution < -0.4 is 14.8 Å². The molecular formula is C20H17NO5. The SMILES string of the molecule is O=C(O)COc1cccc(NC(=O)COc2cccc3ccccc23)c1. The standard InChI is InChI=1S/C20H17NO5/c22-19(21-15-7-4-8-16(11-15)25-13-20(23)24)12-26-18-10-3-6-14-5-1-2-9-17(14)18/h1-11H,12-13H2,(H,21,22)(H,23,24). The van der Waals surface area contributed by atoms with Gasteiger partial charge in [-0.2, -0.15) is 0 Å². The summed E-state index contributed by atoms with van der Waals surface area (Å²) < 4.78 is 10.7. The quantitative estimate of drug-likeness (QED) is 0.682. The fraction of sp³-hybridized carbons (Fsp3) is 0.100. The smallest absolute Gasteiger partial charge is 0.341 e. The number of benzene rings is 3. The first-order valence-corrected chi connectivity index (χ1v) is 7.97. The lowest BCUT2D eigenvalue weighted by atomic mass is 10.1. The fourth-order valence-electron chi connectivity index (χ4n) is 2.47. The molecule has 1 amide bonds. The molecule has 3 aromatic rings. The van der Waals surface area contributed by atoms with Gasteiger partial charge in [0.2, 0.25) is 0 Å². The van der Waals surface area contributed by atoms with Crippen molar-refractivity contribution in [1.82, 2.24) is 0 Å². The number of carboxylic acids is 1. The summed E-state index contributed by atoms with van der Waals surface area (Å²) in [4.78, 5) is 22.7. The number of carbonyl (C=O) groups is 2. The normalized spacial score (nSPS) is 10.3. The van der Waals surface area contributed by atoms with Crippen LogP contribution in [-0.4, -0.2) is 30.2 Å². The van der Waals surface area contributed by atoms with Crippen LogP contribution in [0.2, 0.25) is 0 Å². The highest BCUT2D eigenvalue weighted by atomic mass is 16.5. The summed E-state index contributed by atoms with van der Waals surface area (Å²) in [6.45, 7) is -0.587. The van der Waals surface area contributed by atoms with Crippen LogP contribution in [0.1, 0.15) is 0 Å². The van der Waals surface area contributed by atoms with Crippen molar-refractivity contribution in [3.63, 3.8) is 0 Å². The van der Waals surface area contributed by atoms with E-state index in [0.29, 0.717) is 17.2 Å². The highest BCUT2D eigenvalue weighted by Crippen LogP contribution is 2.25. The van der Waals surface area contributed by atoms with Crippen LogP contribution in [-0.2, 0) is 9.59 Å². The molecule has 132 valence electrons. The number of hydrogen-bond acceptors (Lipinski definition) is 4. The van der Waals surface area contributed by atoms with E-state index in [1.54, 1.807) is 24.3 Å². The molecule has 0 bridgehead atoms. The van der Waals surface area contributed by atoms with E-state index in [-0.39, 0.29) is 12.5 Å². The second-order valence-electron chi connectivity index (χ2n) is 5.52. The Balaban J connectivity index is 1.60. The maximum Gasteiger partial charge on any atom is 0.341 e. The lowest BCUT2D eigenvalue weighted by Crippen LogP contribution is -2.20. The highest BCUT2D eigenvalue weighted by Gasteiger charge is 2.07. The van der Waals surface area contributed by atoms with Crippen molar-refractivity contribution in [3.05, 3.63) is 66.7 Å². The van der Waals surface area contributed by atoms with Crippen LogP contribution >= 0.6 is 0 Å². The molecule has 2 N–H and O–H groups in total. The molecule has 0 heterocycles. The van der Waals surface area contributed by atoms with Gasteiger partial charge in [0.15, 0.2) is 13.2 Å². The minimum atomic E-state index is -1.07. The van der Waals surface area contributed by atoms with E-state index in [4.69, 9.17) is 14.6 Å². The third-order valence-corrected chi connectivity index (χ3v) is 3.59. The number of amides is 1. The van der Waals surface area contributed by atoms with E-state index in [2.05, 4.69) is 5.32 Å². The number of anilines is 1. The van der Waals surface area contributed by atoms with Gasteiger partial charge in [0, 0.05) is 17.1 Å². The van der Waals surface area contributed by atoms with Crippen LogP contribution in [0, 0.1) is 0 Å². The summed E-state index contributed by atoms with van der Waals surface area (Å²) in [5.41, 5.74) is 0.499. The van der Waals surface area contributed by atoms with E-state index in [1.165, 1.54) is 0 Å². The number of ether oxygens (including phenoxy) is 2. The third-order valence-electron chi connectivity index (χ3n) is 3.59. The van der Waals surface area contributed by atoms with Crippen molar-refractivity contribution in [2.45, 2.75) is 0 Å². The largest absolute Gasteiger partial charge is 0.483 e. The second kappa shape index (κ2) is 8.02. The number of hydrogen-bond donors (Lipinski definition) is 2. The monoisotopic (exact) mass is 351 g/mol. The molecular weight excluding hydrogens is 334 g/mol. The van der Waals surface area contributed by atoms with Gasteiger partial charge in [0.05, 0.1) is 0 Å². The van der Waals surface area contributed by atoms with E-state index < -0.39 is 12.6 Å². The molecule has 0 aliphatic rings. The number of aliphatic carboxylic acids is 1. The van der Waals surface area contributed by atoms with E-state index >= 15 is 0 Å². The Hall–Kier alpha value is -3.54. The molecule has 0 radical (unpaired) electrons. The van der Waals surface area contributed by atoms with Crippen molar-refractivity contribution in [2.75, 3.05) is 18.5 Å². The van der Waals surface area contributed by atoms with Gasteiger partial charge in [0.1, 0.15) is 11.5 Å². The number of fused-ring (bicyclic) bond motifs is 1. The first-order valence-electron chi connectivity index (χ1n) is 7.97. The Labute approximate surface area is 150 Å². The van der Waals surface area contributed by atoms with E-state index in [9.17, 15) is 9.59 Å². The number of rotatable bonds is 7. The summed E-state index contributed by atoms with van der Waals surface area (Å²) in [6.07, 6.45) is 0. The Bertz CT molecular complexity index is 933. The third kappa shape index (κ3) is 4.51. The second-order valence-corrected chi connectivity index (χ2v) is 5.52. The van der Waals surface area contributed by atoms with Crippen LogP contribution in [0.4, 0.5) is 5.69 Å². The number of carboxylic acid groups (broad SMARTS) is 1. The Morgan fingerprint density at radius 3 is 2.50 bits per heavy atom. The minimum absolute atomic E-state index is 0.145. The van der Waals surface area contributed by atoms with Crippen LogP contribution in [0.5, 0.6) is 11.5 Å². The first-order chi connectivity index (χ1) is 12.6. The maximum atomic E-state index is 12.1. The number of nitrogens with one attached hydrogen (secondary N) is 1. The zero-order valence-corrected chi connectivity index (χ0v) is 13.8. The summed E-state index contributed by atoms with van der Waals surface area (Å²) in [6, 6.07) is 20.0. The van der Waals surface area contributed by atoms with Gasteiger partial charge in [-0.15, -0.1) is 0 Å². The summed E-state index contributed by atoms with van der Waals surface area (Å²) in [7, 11) is 0. The van der Waals surface area contributed by atoms with Gasteiger partial charge in [-0.3, -0.25) is 4.79 Å². The Morgan fingerprint density at radius 1 is 0.885 bits per heavy atom. The fourth-order valence-corrected chi connectivity index (χ4v) is 2.47. The molecule has 0 saturated heterocycles. The highest BCUT2D eigenvalue weighted by molar-refractivity contribution is 5.93. The molecule has 0 fully saturated rings. The minimum Gasteiger partial charge on any atom is -0.483 e. The first kappa shape index (κ1) is 17.3. The predicted octanol–water partition coefficient (Wildman–Crippen LogP) is 3.32. The van der Waals surface area contributed by atoms with Crippen molar-refractivity contribution in [1.29, 1.82) is 0 Å². The molecule has 6 nitrogen and oxygen atoms in total. The summed E-state index contributed by atoms with van der Waals surface area (Å²) >= 11 is 0. The molecule has 0 unspecified atom stereocenters. The van der Waals surface area contributed by atoms with Crippen molar-refractivity contribution < 1.29 is 24.2 Å². The van der Waals surface area contributed by atoms with E-state index in [0.717, 1.165) is 10.8 Å². The molecule has 6 heteroatoms.